The number of nitrogens with two attached hydrogens (primary N) is 1. The van der Waals surface area contributed by atoms with Gasteiger partial charge < -0.3 is 11.1 Å². The maximum atomic E-state index is 11.8. The van der Waals surface area contributed by atoms with Crippen molar-refractivity contribution in [3.8, 4) is 0 Å². The lowest BCUT2D eigenvalue weighted by atomic mass is 10.2. The highest BCUT2D eigenvalue weighted by molar-refractivity contribution is 7.89. The van der Waals surface area contributed by atoms with Gasteiger partial charge in [-0.2, -0.15) is 0 Å². The first-order chi connectivity index (χ1) is 9.26. The molecule has 0 saturated heterocycles. The first-order valence-corrected chi connectivity index (χ1v) is 7.84. The predicted octanol–water partition coefficient (Wildman–Crippen LogP) is 0.969. The Labute approximate surface area is 119 Å². The molecule has 1 unspecified atom stereocenters. The molecule has 1 atom stereocenters. The lowest BCUT2D eigenvalue weighted by Gasteiger charge is -2.11. The molecule has 0 fully saturated rings. The molecule has 1 rings (SSSR count). The number of sulfonamides is 1. The minimum absolute atomic E-state index is 0.0426. The molecule has 0 aliphatic carbocycles. The second kappa shape index (κ2) is 6.83. The molecule has 0 saturated carbocycles. The molecule has 0 heterocycles. The van der Waals surface area contributed by atoms with Crippen LogP contribution in [-0.2, 0) is 14.8 Å². The Balaban J connectivity index is 2.89. The Morgan fingerprint density at radius 1 is 1.40 bits per heavy atom. The van der Waals surface area contributed by atoms with Crippen LogP contribution in [0, 0.1) is 6.92 Å². The van der Waals surface area contributed by atoms with Gasteiger partial charge in [0.1, 0.15) is 0 Å². The first-order valence-electron chi connectivity index (χ1n) is 6.36. The molecule has 0 aliphatic rings. The summed E-state index contributed by atoms with van der Waals surface area (Å²) in [5.41, 5.74) is 6.66. The van der Waals surface area contributed by atoms with E-state index in [2.05, 4.69) is 10.0 Å². The van der Waals surface area contributed by atoms with Crippen LogP contribution >= 0.6 is 0 Å². The van der Waals surface area contributed by atoms with Crippen molar-refractivity contribution in [3.05, 3.63) is 23.8 Å². The molecule has 0 bridgehead atoms. The number of rotatable bonds is 6. The van der Waals surface area contributed by atoms with Crippen LogP contribution in [0.5, 0.6) is 0 Å². The van der Waals surface area contributed by atoms with E-state index in [9.17, 15) is 13.2 Å². The van der Waals surface area contributed by atoms with Crippen LogP contribution < -0.4 is 15.8 Å². The summed E-state index contributed by atoms with van der Waals surface area (Å²) in [6, 6.07) is 4.74. The van der Waals surface area contributed by atoms with Crippen LogP contribution in [0.4, 0.5) is 5.69 Å². The van der Waals surface area contributed by atoms with E-state index in [-0.39, 0.29) is 16.8 Å². The molecule has 0 radical (unpaired) electrons. The summed E-state index contributed by atoms with van der Waals surface area (Å²) in [5, 5.41) is 2.67. The summed E-state index contributed by atoms with van der Waals surface area (Å²) in [5.74, 6) is -0.182. The van der Waals surface area contributed by atoms with Crippen molar-refractivity contribution in [2.75, 3.05) is 12.4 Å². The molecule has 0 spiro atoms. The molecule has 0 aromatic heterocycles. The van der Waals surface area contributed by atoms with Gasteiger partial charge in [0.15, 0.2) is 0 Å². The summed E-state index contributed by atoms with van der Waals surface area (Å²) in [6.07, 6.45) is 0.888. The predicted molar refractivity (Wildman–Crippen MR) is 78.9 cm³/mol. The lowest BCUT2D eigenvalue weighted by molar-refractivity contribution is -0.116. The van der Waals surface area contributed by atoms with E-state index in [0.717, 1.165) is 0 Å². The zero-order valence-electron chi connectivity index (χ0n) is 11.9. The third-order valence-corrected chi connectivity index (χ3v) is 4.41. The summed E-state index contributed by atoms with van der Waals surface area (Å²) in [7, 11) is -2.18. The van der Waals surface area contributed by atoms with Crippen molar-refractivity contribution < 1.29 is 13.2 Å². The topological polar surface area (TPSA) is 101 Å². The van der Waals surface area contributed by atoms with Crippen LogP contribution in [0.15, 0.2) is 23.1 Å². The van der Waals surface area contributed by atoms with Gasteiger partial charge in [-0.1, -0.05) is 6.07 Å². The largest absolute Gasteiger partial charge is 0.328 e. The second-order valence-corrected chi connectivity index (χ2v) is 6.61. The molecule has 20 heavy (non-hydrogen) atoms. The number of hydrogen-bond acceptors (Lipinski definition) is 4. The van der Waals surface area contributed by atoms with E-state index in [0.29, 0.717) is 24.1 Å². The van der Waals surface area contributed by atoms with Crippen LogP contribution in [0.3, 0.4) is 0 Å². The van der Waals surface area contributed by atoms with Gasteiger partial charge in [0.25, 0.3) is 0 Å². The van der Waals surface area contributed by atoms with E-state index in [4.69, 9.17) is 5.73 Å². The van der Waals surface area contributed by atoms with Crippen LogP contribution in [0.2, 0.25) is 0 Å². The summed E-state index contributed by atoms with van der Waals surface area (Å²) < 4.78 is 25.9. The van der Waals surface area contributed by atoms with E-state index in [1.54, 1.807) is 19.1 Å². The summed E-state index contributed by atoms with van der Waals surface area (Å²) in [6.45, 7) is 3.53. The van der Waals surface area contributed by atoms with Crippen molar-refractivity contribution in [2.24, 2.45) is 5.73 Å². The molecule has 7 heteroatoms. The Kier molecular flexibility index (Phi) is 5.67. The molecule has 6 nitrogen and oxygen atoms in total. The number of carbonyl (C=O) groups is 1. The fourth-order valence-corrected chi connectivity index (χ4v) is 2.65. The number of amides is 1. The smallest absolute Gasteiger partial charge is 0.240 e. The zero-order chi connectivity index (χ0) is 15.3. The Hall–Kier alpha value is -1.44. The average Bonchev–Trinajstić information content (AvgIpc) is 2.38. The van der Waals surface area contributed by atoms with Crippen LogP contribution in [0.25, 0.3) is 0 Å². The Morgan fingerprint density at radius 2 is 2.05 bits per heavy atom. The van der Waals surface area contributed by atoms with Gasteiger partial charge in [0.2, 0.25) is 15.9 Å². The molecule has 1 aromatic rings. The molecule has 4 N–H and O–H groups in total. The molecule has 1 aromatic carbocycles. The van der Waals surface area contributed by atoms with Gasteiger partial charge in [-0.25, -0.2) is 13.1 Å². The number of nitrogens with one attached hydrogen (secondary N) is 2. The second-order valence-electron chi connectivity index (χ2n) is 4.75. The SMILES string of the molecule is CNS(=O)(=O)c1cc(NC(=O)CCC(C)N)ccc1C. The van der Waals surface area contributed by atoms with Gasteiger partial charge in [0, 0.05) is 18.2 Å². The molecular weight excluding hydrogens is 278 g/mol. The number of anilines is 1. The highest BCUT2D eigenvalue weighted by Gasteiger charge is 2.15. The maximum absolute atomic E-state index is 11.8. The Bertz CT molecular complexity index is 583. The fraction of sp³-hybridized carbons (Fsp3) is 0.462. The maximum Gasteiger partial charge on any atom is 0.240 e. The number of carbonyl (C=O) groups excluding carboxylic acids is 1. The van der Waals surface area contributed by atoms with E-state index >= 15 is 0 Å². The minimum Gasteiger partial charge on any atom is -0.328 e. The normalized spacial score (nSPS) is 13.0. The third kappa shape index (κ3) is 4.59. The fourth-order valence-electron chi connectivity index (χ4n) is 1.66. The molecular formula is C13H21N3O3S. The summed E-state index contributed by atoms with van der Waals surface area (Å²) >= 11 is 0. The van der Waals surface area contributed by atoms with Crippen molar-refractivity contribution in [3.63, 3.8) is 0 Å². The Morgan fingerprint density at radius 3 is 2.60 bits per heavy atom. The standard InChI is InChI=1S/C13H21N3O3S/c1-9-4-6-11(8-12(9)20(18,19)15-3)16-13(17)7-5-10(2)14/h4,6,8,10,15H,5,7,14H2,1-3H3,(H,16,17). The number of hydrogen-bond donors (Lipinski definition) is 3. The first kappa shape index (κ1) is 16.6. The third-order valence-electron chi connectivity index (χ3n) is 2.86. The molecule has 112 valence electrons. The average molecular weight is 299 g/mol. The van der Waals surface area contributed by atoms with E-state index < -0.39 is 10.0 Å². The minimum atomic E-state index is -3.53. The number of benzene rings is 1. The van der Waals surface area contributed by atoms with Gasteiger partial charge in [0.05, 0.1) is 4.90 Å². The highest BCUT2D eigenvalue weighted by atomic mass is 32.2. The quantitative estimate of drug-likeness (QED) is 0.728. The van der Waals surface area contributed by atoms with Gasteiger partial charge in [-0.05, 0) is 45.0 Å². The van der Waals surface area contributed by atoms with Crippen molar-refractivity contribution in [1.29, 1.82) is 0 Å². The van der Waals surface area contributed by atoms with Crippen molar-refractivity contribution in [2.45, 2.75) is 37.6 Å². The van der Waals surface area contributed by atoms with Crippen molar-refractivity contribution >= 4 is 21.6 Å². The van der Waals surface area contributed by atoms with E-state index in [1.165, 1.54) is 13.1 Å². The summed E-state index contributed by atoms with van der Waals surface area (Å²) in [4.78, 5) is 11.9. The zero-order valence-corrected chi connectivity index (χ0v) is 12.8. The number of aryl methyl sites for hydroxylation is 1. The van der Waals surface area contributed by atoms with Gasteiger partial charge in [-0.3, -0.25) is 4.79 Å². The van der Waals surface area contributed by atoms with Crippen LogP contribution in [0.1, 0.15) is 25.3 Å². The monoisotopic (exact) mass is 299 g/mol. The van der Waals surface area contributed by atoms with E-state index in [1.807, 2.05) is 6.92 Å². The molecule has 0 aliphatic heterocycles. The molecule has 1 amide bonds. The van der Waals surface area contributed by atoms with Crippen molar-refractivity contribution in [1.82, 2.24) is 4.72 Å². The van der Waals surface area contributed by atoms with Gasteiger partial charge in [-0.15, -0.1) is 0 Å². The van der Waals surface area contributed by atoms with Crippen LogP contribution in [-0.4, -0.2) is 27.4 Å². The van der Waals surface area contributed by atoms with Gasteiger partial charge >= 0.3 is 0 Å². The lowest BCUT2D eigenvalue weighted by Crippen LogP contribution is -2.21. The highest BCUT2D eigenvalue weighted by Crippen LogP contribution is 2.20.